The Morgan fingerprint density at radius 1 is 1.43 bits per heavy atom. The molecule has 1 aromatic rings. The number of likely N-dealkylation sites (N-methyl/N-ethyl adjacent to an activating group) is 1. The van der Waals surface area contributed by atoms with Crippen molar-refractivity contribution < 1.29 is 29.3 Å². The van der Waals surface area contributed by atoms with Gasteiger partial charge in [-0.25, -0.2) is 9.80 Å². The number of benzene rings is 1. The van der Waals surface area contributed by atoms with Crippen LogP contribution in [0.3, 0.4) is 0 Å². The zero-order chi connectivity index (χ0) is 17.7. The molecule has 0 aromatic heterocycles. The summed E-state index contributed by atoms with van der Waals surface area (Å²) in [6.45, 7) is 0.718. The van der Waals surface area contributed by atoms with Crippen LogP contribution >= 0.6 is 11.6 Å². The number of hydrazine groups is 1. The molecule has 1 atom stereocenters. The third-order valence-corrected chi connectivity index (χ3v) is 2.35. The first-order valence-corrected chi connectivity index (χ1v) is 6.73. The molecule has 0 fully saturated rings. The number of hydrogen-bond acceptors (Lipinski definition) is 7. The van der Waals surface area contributed by atoms with E-state index < -0.39 is 12.1 Å². The van der Waals surface area contributed by atoms with Gasteiger partial charge in [-0.3, -0.25) is 10.6 Å². The normalized spacial score (nSPS) is 11.5. The van der Waals surface area contributed by atoms with Gasteiger partial charge in [0.15, 0.2) is 0 Å². The van der Waals surface area contributed by atoms with Crippen molar-refractivity contribution in [2.75, 3.05) is 20.2 Å². The van der Waals surface area contributed by atoms with E-state index in [0.29, 0.717) is 23.4 Å². The highest BCUT2D eigenvalue weighted by molar-refractivity contribution is 6.30. The second kappa shape index (κ2) is 12.4. The van der Waals surface area contributed by atoms with Gasteiger partial charge >= 0.3 is 5.97 Å². The van der Waals surface area contributed by atoms with Crippen molar-refractivity contribution in [1.82, 2.24) is 5.01 Å². The average Bonchev–Trinajstić information content (AvgIpc) is 2.46. The van der Waals surface area contributed by atoms with Crippen LogP contribution in [0, 0.1) is 0 Å². The van der Waals surface area contributed by atoms with E-state index in [1.807, 2.05) is 0 Å². The summed E-state index contributed by atoms with van der Waals surface area (Å²) in [4.78, 5) is 18.9. The number of aliphatic carboxylic acids is 1. The molecule has 1 unspecified atom stereocenters. The minimum Gasteiger partial charge on any atom is -0.491 e. The van der Waals surface area contributed by atoms with Crippen LogP contribution in [0.25, 0.3) is 0 Å². The number of ether oxygens (including phenoxy) is 2. The predicted octanol–water partition coefficient (Wildman–Crippen LogP) is 0.643. The van der Waals surface area contributed by atoms with Crippen LogP contribution < -0.4 is 10.6 Å². The summed E-state index contributed by atoms with van der Waals surface area (Å²) >= 11 is 5.72. The van der Waals surface area contributed by atoms with E-state index >= 15 is 0 Å². The van der Waals surface area contributed by atoms with Gasteiger partial charge in [-0.1, -0.05) is 11.6 Å². The van der Waals surface area contributed by atoms with Crippen LogP contribution in [-0.2, 0) is 14.3 Å². The topological polar surface area (TPSA) is 122 Å². The van der Waals surface area contributed by atoms with Crippen LogP contribution in [-0.4, -0.2) is 54.0 Å². The molecule has 4 N–H and O–H groups in total. The lowest BCUT2D eigenvalue weighted by Crippen LogP contribution is -2.37. The van der Waals surface area contributed by atoms with E-state index in [2.05, 4.69) is 4.74 Å². The molecular formula is C14H19ClN2O6. The molecule has 0 bridgehead atoms. The lowest BCUT2D eigenvalue weighted by atomic mass is 10.3. The van der Waals surface area contributed by atoms with Crippen LogP contribution in [0.5, 0.6) is 5.75 Å². The molecule has 0 spiro atoms. The number of carbonyl (C=O) groups is 2. The molecule has 8 nitrogen and oxygen atoms in total. The number of aliphatic hydroxyl groups is 1. The standard InChI is InChI=1S/C10H15ClN2O2.C4H4O4/c1-13(12)6-9(14)7-15-10-4-2-8(11)3-5-10;5-3-8-2-1-4(6)7/h2-5,9,14H,6-7,12H2,1H3;1-3H,(H,6,7)/b;2-1+. The average molecular weight is 347 g/mol. The highest BCUT2D eigenvalue weighted by Crippen LogP contribution is 2.15. The zero-order valence-electron chi connectivity index (χ0n) is 12.5. The van der Waals surface area contributed by atoms with Gasteiger partial charge in [-0.15, -0.1) is 0 Å². The van der Waals surface area contributed by atoms with Crippen LogP contribution in [0.15, 0.2) is 36.6 Å². The summed E-state index contributed by atoms with van der Waals surface area (Å²) in [5.74, 6) is 4.91. The smallest absolute Gasteiger partial charge is 0.331 e. The van der Waals surface area contributed by atoms with Crippen molar-refractivity contribution in [3.8, 4) is 5.75 Å². The van der Waals surface area contributed by atoms with E-state index in [-0.39, 0.29) is 13.1 Å². The molecule has 128 valence electrons. The van der Waals surface area contributed by atoms with Gasteiger partial charge in [0.05, 0.1) is 6.08 Å². The molecule has 0 aliphatic heterocycles. The predicted molar refractivity (Wildman–Crippen MR) is 83.7 cm³/mol. The lowest BCUT2D eigenvalue weighted by molar-refractivity contribution is -0.131. The second-order valence-electron chi connectivity index (χ2n) is 4.23. The largest absolute Gasteiger partial charge is 0.491 e. The highest BCUT2D eigenvalue weighted by atomic mass is 35.5. The van der Waals surface area contributed by atoms with Crippen LogP contribution in [0.2, 0.25) is 5.02 Å². The number of aliphatic hydroxyl groups excluding tert-OH is 1. The number of hydrogen-bond donors (Lipinski definition) is 3. The molecular weight excluding hydrogens is 328 g/mol. The number of carboxylic acid groups (broad SMARTS) is 1. The maximum Gasteiger partial charge on any atom is 0.331 e. The quantitative estimate of drug-likeness (QED) is 0.206. The molecule has 0 amide bonds. The van der Waals surface area contributed by atoms with Gasteiger partial charge in [0.25, 0.3) is 6.47 Å². The lowest BCUT2D eigenvalue weighted by Gasteiger charge is -2.16. The van der Waals surface area contributed by atoms with Gasteiger partial charge in [-0.05, 0) is 24.3 Å². The summed E-state index contributed by atoms with van der Waals surface area (Å²) < 4.78 is 9.24. The summed E-state index contributed by atoms with van der Waals surface area (Å²) in [5.41, 5.74) is 0. The first-order valence-electron chi connectivity index (χ1n) is 6.36. The fourth-order valence-electron chi connectivity index (χ4n) is 1.24. The number of carbonyl (C=O) groups excluding carboxylic acids is 1. The molecule has 0 heterocycles. The first kappa shape index (κ1) is 20.9. The van der Waals surface area contributed by atoms with Crippen LogP contribution in [0.4, 0.5) is 0 Å². The number of carboxylic acids is 1. The van der Waals surface area contributed by atoms with E-state index in [1.165, 1.54) is 5.01 Å². The maximum absolute atomic E-state index is 9.59. The summed E-state index contributed by atoms with van der Waals surface area (Å²) in [6, 6.07) is 6.97. The fraction of sp³-hybridized carbons (Fsp3) is 0.286. The van der Waals surface area contributed by atoms with E-state index in [9.17, 15) is 14.7 Å². The Hall–Kier alpha value is -2.13. The minimum atomic E-state index is -1.15. The van der Waals surface area contributed by atoms with Gasteiger partial charge in [0, 0.05) is 18.6 Å². The van der Waals surface area contributed by atoms with Gasteiger partial charge in [0.1, 0.15) is 24.7 Å². The molecule has 9 heteroatoms. The third kappa shape index (κ3) is 13.3. The molecule has 0 saturated carbocycles. The van der Waals surface area contributed by atoms with Crippen molar-refractivity contribution in [3.63, 3.8) is 0 Å². The van der Waals surface area contributed by atoms with Gasteiger partial charge < -0.3 is 19.7 Å². The second-order valence-corrected chi connectivity index (χ2v) is 4.67. The maximum atomic E-state index is 9.59. The number of halogens is 1. The molecule has 0 aliphatic rings. The Kier molecular flexibility index (Phi) is 11.3. The zero-order valence-corrected chi connectivity index (χ0v) is 13.2. The van der Waals surface area contributed by atoms with Crippen molar-refractivity contribution in [2.45, 2.75) is 6.10 Å². The molecule has 1 rings (SSSR count). The highest BCUT2D eigenvalue weighted by Gasteiger charge is 2.06. The van der Waals surface area contributed by atoms with Crippen molar-refractivity contribution in [2.24, 2.45) is 5.84 Å². The van der Waals surface area contributed by atoms with Gasteiger partial charge in [-0.2, -0.15) is 0 Å². The molecule has 0 aliphatic carbocycles. The first-order chi connectivity index (χ1) is 10.8. The molecule has 0 radical (unpaired) electrons. The summed E-state index contributed by atoms with van der Waals surface area (Å²) in [6.07, 6.45) is 0.902. The number of nitrogens with zero attached hydrogens (tertiary/aromatic N) is 1. The third-order valence-electron chi connectivity index (χ3n) is 2.10. The van der Waals surface area contributed by atoms with Crippen molar-refractivity contribution in [3.05, 3.63) is 41.6 Å². The van der Waals surface area contributed by atoms with E-state index in [4.69, 9.17) is 27.3 Å². The van der Waals surface area contributed by atoms with Crippen molar-refractivity contribution >= 4 is 24.0 Å². The molecule has 1 aromatic carbocycles. The number of nitrogens with two attached hydrogens (primary N) is 1. The molecule has 0 saturated heterocycles. The Balaban J connectivity index is 0.000000515. The monoisotopic (exact) mass is 346 g/mol. The summed E-state index contributed by atoms with van der Waals surface area (Å²) in [5, 5.41) is 19.4. The Morgan fingerprint density at radius 3 is 2.52 bits per heavy atom. The Bertz CT molecular complexity index is 493. The van der Waals surface area contributed by atoms with Crippen LogP contribution in [0.1, 0.15) is 0 Å². The Morgan fingerprint density at radius 2 is 2.04 bits per heavy atom. The van der Waals surface area contributed by atoms with E-state index in [0.717, 1.165) is 6.26 Å². The fourth-order valence-corrected chi connectivity index (χ4v) is 1.36. The number of rotatable bonds is 8. The van der Waals surface area contributed by atoms with E-state index in [1.54, 1.807) is 31.3 Å². The van der Waals surface area contributed by atoms with Crippen molar-refractivity contribution in [1.29, 1.82) is 0 Å². The summed E-state index contributed by atoms with van der Waals surface area (Å²) in [7, 11) is 1.69. The minimum absolute atomic E-state index is 0.138. The van der Waals surface area contributed by atoms with Gasteiger partial charge in [0.2, 0.25) is 0 Å². The Labute approximate surface area is 138 Å². The molecule has 23 heavy (non-hydrogen) atoms. The SMILES string of the molecule is CN(N)CC(O)COc1ccc(Cl)cc1.O=CO/C=C/C(=O)O.